The maximum atomic E-state index is 11.9. The number of hydrogen-bond acceptors (Lipinski definition) is 10. The molecule has 0 saturated carbocycles. The van der Waals surface area contributed by atoms with Gasteiger partial charge >= 0.3 is 12.2 Å². The van der Waals surface area contributed by atoms with Crippen molar-refractivity contribution in [1.82, 2.24) is 10.6 Å². The van der Waals surface area contributed by atoms with Crippen LogP contribution >= 0.6 is 36.8 Å². The number of nitrogens with two attached hydrogens (primary N) is 3. The SMILES string of the molecule is CC(C)(C)OC(=O)N[C@@H](CO)Cc1ccccc1.CC(C)(C)OC(=O)N[C@@H](COC(N)=S)Cc1ccccc1.Cl.NC(=S)OC[C@H](N)Cc1ccccc1. The Hall–Kier alpha value is -4.21. The molecule has 0 aliphatic heterocycles. The van der Waals surface area contributed by atoms with Gasteiger partial charge in [-0.25, -0.2) is 9.59 Å². The first-order valence-electron chi connectivity index (χ1n) is 17.2. The van der Waals surface area contributed by atoms with Crippen LogP contribution in [-0.4, -0.2) is 76.8 Å². The highest BCUT2D eigenvalue weighted by Gasteiger charge is 2.21. The van der Waals surface area contributed by atoms with Crippen molar-refractivity contribution in [2.75, 3.05) is 19.8 Å². The van der Waals surface area contributed by atoms with Crippen molar-refractivity contribution < 1.29 is 33.6 Å². The number of alkyl carbamates (subject to hydrolysis) is 2. The van der Waals surface area contributed by atoms with E-state index in [-0.39, 0.29) is 54.1 Å². The summed E-state index contributed by atoms with van der Waals surface area (Å²) in [5.41, 5.74) is 18.6. The fourth-order valence-corrected chi connectivity index (χ4v) is 4.54. The Bertz CT molecular complexity index is 1500. The van der Waals surface area contributed by atoms with Gasteiger partial charge in [-0.05, 0) is 102 Å². The van der Waals surface area contributed by atoms with Crippen molar-refractivity contribution in [3.8, 4) is 0 Å². The molecule has 300 valence electrons. The fraction of sp³-hybridized carbons (Fsp3) is 0.436. The summed E-state index contributed by atoms with van der Waals surface area (Å²) in [6, 6.07) is 28.8. The molecule has 15 heteroatoms. The topological polar surface area (TPSA) is 193 Å². The van der Waals surface area contributed by atoms with Crippen molar-refractivity contribution >= 4 is 59.4 Å². The summed E-state index contributed by atoms with van der Waals surface area (Å²) < 4.78 is 20.5. The van der Waals surface area contributed by atoms with E-state index in [1.54, 1.807) is 20.8 Å². The number of benzene rings is 3. The molecule has 0 aromatic heterocycles. The Kier molecular flexibility index (Phi) is 24.5. The first kappa shape index (κ1) is 49.8. The molecule has 0 aliphatic carbocycles. The van der Waals surface area contributed by atoms with Gasteiger partial charge in [0, 0.05) is 6.04 Å². The maximum absolute atomic E-state index is 11.9. The van der Waals surface area contributed by atoms with E-state index in [0.29, 0.717) is 19.4 Å². The molecule has 0 saturated heterocycles. The van der Waals surface area contributed by atoms with E-state index in [1.165, 1.54) is 5.56 Å². The van der Waals surface area contributed by atoms with Gasteiger partial charge in [-0.2, -0.15) is 0 Å². The molecule has 54 heavy (non-hydrogen) atoms. The molecule has 2 amide bonds. The van der Waals surface area contributed by atoms with Crippen molar-refractivity contribution in [3.63, 3.8) is 0 Å². The second-order valence-electron chi connectivity index (χ2n) is 14.0. The van der Waals surface area contributed by atoms with Crippen molar-refractivity contribution in [2.45, 2.75) is 90.1 Å². The molecule has 0 spiro atoms. The van der Waals surface area contributed by atoms with Gasteiger partial charge in [0.25, 0.3) is 10.3 Å². The molecular formula is C39H58ClN5O7S2. The summed E-state index contributed by atoms with van der Waals surface area (Å²) in [6.45, 7) is 11.3. The van der Waals surface area contributed by atoms with Crippen LogP contribution in [0.4, 0.5) is 9.59 Å². The van der Waals surface area contributed by atoms with Gasteiger partial charge in [0.05, 0.1) is 18.7 Å². The van der Waals surface area contributed by atoms with E-state index in [9.17, 15) is 14.7 Å². The third kappa shape index (κ3) is 27.4. The lowest BCUT2D eigenvalue weighted by atomic mass is 10.1. The minimum atomic E-state index is -0.550. The molecule has 12 nitrogen and oxygen atoms in total. The van der Waals surface area contributed by atoms with Gasteiger partial charge in [0.15, 0.2) is 0 Å². The number of rotatable bonds is 13. The zero-order valence-electron chi connectivity index (χ0n) is 32.0. The zero-order chi connectivity index (χ0) is 39.9. The minimum absolute atomic E-state index is 0. The summed E-state index contributed by atoms with van der Waals surface area (Å²) in [6.07, 6.45) is 0.954. The Morgan fingerprint density at radius 3 is 1.31 bits per heavy atom. The molecule has 0 aliphatic rings. The third-order valence-corrected chi connectivity index (χ3v) is 6.75. The number of nitrogens with one attached hydrogen (secondary N) is 2. The first-order valence-corrected chi connectivity index (χ1v) is 18.0. The molecule has 3 aromatic carbocycles. The van der Waals surface area contributed by atoms with Gasteiger partial charge in [0.1, 0.15) is 24.4 Å². The predicted octanol–water partition coefficient (Wildman–Crippen LogP) is 5.74. The van der Waals surface area contributed by atoms with E-state index in [4.69, 9.17) is 48.4 Å². The van der Waals surface area contributed by atoms with Crippen LogP contribution in [0.1, 0.15) is 58.2 Å². The summed E-state index contributed by atoms with van der Waals surface area (Å²) in [4.78, 5) is 23.4. The van der Waals surface area contributed by atoms with Gasteiger partial charge in [-0.3, -0.25) is 0 Å². The summed E-state index contributed by atoms with van der Waals surface area (Å²) in [7, 11) is 0. The molecular weight excluding hydrogens is 750 g/mol. The van der Waals surface area contributed by atoms with Crippen LogP contribution in [0.2, 0.25) is 0 Å². The Morgan fingerprint density at radius 2 is 0.963 bits per heavy atom. The van der Waals surface area contributed by atoms with Gasteiger partial charge in [-0.1, -0.05) is 91.0 Å². The van der Waals surface area contributed by atoms with E-state index in [0.717, 1.165) is 17.5 Å². The van der Waals surface area contributed by atoms with Gasteiger partial charge < -0.3 is 51.9 Å². The third-order valence-electron chi connectivity index (χ3n) is 6.52. The molecule has 0 radical (unpaired) electrons. The quantitative estimate of drug-likeness (QED) is 0.115. The molecule has 0 fully saturated rings. The van der Waals surface area contributed by atoms with Crippen LogP contribution in [0.25, 0.3) is 0 Å². The standard InChI is InChI=1S/C15H22N2O3S.C14H21NO3.C10H14N2OS.ClH/c1-15(2,3)20-14(18)17-12(10-19-13(16)21)9-11-7-5-4-6-8-11;1-14(2,3)18-13(17)15-12(10-16)9-11-7-5-4-6-8-11;11-9(7-13-10(12)14)6-8-4-2-1-3-5-8;/h4-8,12H,9-10H2,1-3H3,(H2,16,21)(H,17,18);4-8,12,16H,9-10H2,1-3H3,(H,15,17);1-5,9H,6-7,11H2,(H2,12,14);1H/t2*12-;9-;/m111./s1. The number of aliphatic hydroxyl groups is 1. The molecule has 3 aromatic rings. The van der Waals surface area contributed by atoms with Crippen LogP contribution in [0, 0.1) is 0 Å². The molecule has 9 N–H and O–H groups in total. The van der Waals surface area contributed by atoms with E-state index in [1.807, 2.05) is 112 Å². The summed E-state index contributed by atoms with van der Waals surface area (Å²) in [5.74, 6) is 0. The van der Waals surface area contributed by atoms with Crippen molar-refractivity contribution in [1.29, 1.82) is 0 Å². The summed E-state index contributed by atoms with van der Waals surface area (Å²) in [5, 5.41) is 14.7. The Morgan fingerprint density at radius 1 is 0.630 bits per heavy atom. The summed E-state index contributed by atoms with van der Waals surface area (Å²) >= 11 is 9.27. The smallest absolute Gasteiger partial charge is 0.408 e. The highest BCUT2D eigenvalue weighted by atomic mass is 35.5. The minimum Gasteiger partial charge on any atom is -0.470 e. The monoisotopic (exact) mass is 807 g/mol. The van der Waals surface area contributed by atoms with Crippen LogP contribution in [0.3, 0.4) is 0 Å². The lowest BCUT2D eigenvalue weighted by molar-refractivity contribution is 0.0473. The molecule has 3 rings (SSSR count). The number of carbonyl (C=O) groups is 2. The molecule has 3 atom stereocenters. The van der Waals surface area contributed by atoms with Crippen molar-refractivity contribution in [2.24, 2.45) is 17.2 Å². The lowest BCUT2D eigenvalue weighted by Gasteiger charge is -2.23. The van der Waals surface area contributed by atoms with Gasteiger partial charge in [-0.15, -0.1) is 12.4 Å². The van der Waals surface area contributed by atoms with E-state index >= 15 is 0 Å². The highest BCUT2D eigenvalue weighted by Crippen LogP contribution is 2.10. The number of ether oxygens (including phenoxy) is 4. The predicted molar refractivity (Wildman–Crippen MR) is 225 cm³/mol. The number of amides is 2. The normalized spacial score (nSPS) is 12.2. The number of carbonyl (C=O) groups excluding carboxylic acids is 2. The van der Waals surface area contributed by atoms with E-state index in [2.05, 4.69) is 22.9 Å². The molecule has 0 unspecified atom stereocenters. The largest absolute Gasteiger partial charge is 0.470 e. The number of halogens is 1. The number of hydrogen-bond donors (Lipinski definition) is 6. The van der Waals surface area contributed by atoms with Crippen LogP contribution in [0.15, 0.2) is 91.0 Å². The number of aliphatic hydroxyl groups excluding tert-OH is 1. The average Bonchev–Trinajstić information content (AvgIpc) is 3.06. The fourth-order valence-electron chi connectivity index (χ4n) is 4.41. The second kappa shape index (κ2) is 26.5. The Labute approximate surface area is 337 Å². The zero-order valence-corrected chi connectivity index (χ0v) is 34.4. The van der Waals surface area contributed by atoms with Crippen molar-refractivity contribution in [3.05, 3.63) is 108 Å². The van der Waals surface area contributed by atoms with Gasteiger partial charge in [0.2, 0.25) is 0 Å². The second-order valence-corrected chi connectivity index (χ2v) is 14.8. The Balaban J connectivity index is 0.000000788. The highest BCUT2D eigenvalue weighted by molar-refractivity contribution is 7.80. The first-order chi connectivity index (χ1) is 24.8. The van der Waals surface area contributed by atoms with Crippen LogP contribution in [-0.2, 0) is 38.2 Å². The molecule has 0 bridgehead atoms. The van der Waals surface area contributed by atoms with Crippen LogP contribution in [0.5, 0.6) is 0 Å². The average molecular weight is 809 g/mol. The number of thiocarbonyl (C=S) groups is 2. The maximum Gasteiger partial charge on any atom is 0.408 e. The van der Waals surface area contributed by atoms with E-state index < -0.39 is 23.4 Å². The van der Waals surface area contributed by atoms with Crippen LogP contribution < -0.4 is 27.8 Å². The molecule has 0 heterocycles. The lowest BCUT2D eigenvalue weighted by Crippen LogP contribution is -2.43.